The fraction of sp³-hybridized carbons (Fsp3) is 0.389. The van der Waals surface area contributed by atoms with Crippen molar-refractivity contribution in [2.75, 3.05) is 23.8 Å². The molecule has 2 rings (SSSR count). The van der Waals surface area contributed by atoms with Crippen LogP contribution >= 0.6 is 0 Å². The van der Waals surface area contributed by atoms with Gasteiger partial charge in [-0.3, -0.25) is 24.1 Å². The highest BCUT2D eigenvalue weighted by molar-refractivity contribution is 6.08. The van der Waals surface area contributed by atoms with E-state index in [4.69, 9.17) is 4.74 Å². The summed E-state index contributed by atoms with van der Waals surface area (Å²) < 4.78 is 4.84. The van der Waals surface area contributed by atoms with Gasteiger partial charge in [0.1, 0.15) is 12.1 Å². The number of benzene rings is 1. The normalized spacial score (nSPS) is 18.5. The van der Waals surface area contributed by atoms with Gasteiger partial charge in [-0.05, 0) is 31.5 Å². The third-order valence-electron chi connectivity index (χ3n) is 4.17. The summed E-state index contributed by atoms with van der Waals surface area (Å²) in [7, 11) is 0. The Labute approximate surface area is 161 Å². The number of urea groups is 1. The minimum absolute atomic E-state index is 0.253. The second kappa shape index (κ2) is 8.51. The highest BCUT2D eigenvalue weighted by Gasteiger charge is 2.47. The fourth-order valence-electron chi connectivity index (χ4n) is 2.53. The summed E-state index contributed by atoms with van der Waals surface area (Å²) in [5.41, 5.74) is -0.145. The lowest BCUT2D eigenvalue weighted by atomic mass is 9.99. The molecule has 1 saturated heterocycles. The summed E-state index contributed by atoms with van der Waals surface area (Å²) >= 11 is 0. The third-order valence-corrected chi connectivity index (χ3v) is 4.17. The fourth-order valence-corrected chi connectivity index (χ4v) is 2.53. The summed E-state index contributed by atoms with van der Waals surface area (Å²) in [6.45, 7) is 3.51. The number of nitrogens with zero attached hydrogens (tertiary/aromatic N) is 1. The van der Waals surface area contributed by atoms with Gasteiger partial charge in [-0.15, -0.1) is 0 Å². The number of carbonyl (C=O) groups excluding carboxylic acids is 5. The number of hydrogen-bond acceptors (Lipinski definition) is 6. The summed E-state index contributed by atoms with van der Waals surface area (Å²) in [4.78, 5) is 59.7. The third kappa shape index (κ3) is 5.06. The van der Waals surface area contributed by atoms with E-state index in [-0.39, 0.29) is 5.91 Å². The Morgan fingerprint density at radius 1 is 1.18 bits per heavy atom. The summed E-state index contributed by atoms with van der Waals surface area (Å²) in [5.74, 6) is -2.26. The Kier molecular flexibility index (Phi) is 6.34. The first kappa shape index (κ1) is 20.9. The average molecular weight is 390 g/mol. The van der Waals surface area contributed by atoms with Gasteiger partial charge in [0, 0.05) is 18.3 Å². The molecule has 1 aliphatic rings. The van der Waals surface area contributed by atoms with Crippen LogP contribution in [-0.4, -0.2) is 53.3 Å². The Morgan fingerprint density at radius 3 is 2.39 bits per heavy atom. The van der Waals surface area contributed by atoms with Crippen LogP contribution < -0.4 is 16.0 Å². The Bertz CT molecular complexity index is 824. The number of nitrogens with one attached hydrogen (secondary N) is 3. The number of esters is 1. The second-order valence-corrected chi connectivity index (χ2v) is 6.48. The molecule has 0 saturated carbocycles. The predicted molar refractivity (Wildman–Crippen MR) is 99.3 cm³/mol. The molecule has 5 amide bonds. The van der Waals surface area contributed by atoms with Crippen molar-refractivity contribution in [3.8, 4) is 0 Å². The molecule has 1 aromatic carbocycles. The summed E-state index contributed by atoms with van der Waals surface area (Å²) in [6, 6.07) is 5.75. The van der Waals surface area contributed by atoms with Crippen LogP contribution in [-0.2, 0) is 23.9 Å². The van der Waals surface area contributed by atoms with Gasteiger partial charge in [-0.2, -0.15) is 0 Å². The molecule has 150 valence electrons. The van der Waals surface area contributed by atoms with Crippen molar-refractivity contribution in [3.63, 3.8) is 0 Å². The molecule has 0 radical (unpaired) electrons. The molecule has 0 bridgehead atoms. The zero-order chi connectivity index (χ0) is 20.9. The number of hydrogen-bond donors (Lipinski definition) is 3. The molecule has 10 heteroatoms. The van der Waals surface area contributed by atoms with Crippen LogP contribution in [0.5, 0.6) is 0 Å². The van der Waals surface area contributed by atoms with Gasteiger partial charge in [-0.1, -0.05) is 13.0 Å². The van der Waals surface area contributed by atoms with Crippen molar-refractivity contribution < 1.29 is 28.7 Å². The lowest BCUT2D eigenvalue weighted by Crippen LogP contribution is -2.43. The average Bonchev–Trinajstić information content (AvgIpc) is 2.83. The van der Waals surface area contributed by atoms with Gasteiger partial charge in [-0.25, -0.2) is 4.79 Å². The first-order valence-electron chi connectivity index (χ1n) is 8.62. The molecular weight excluding hydrogens is 368 g/mol. The van der Waals surface area contributed by atoms with Crippen molar-refractivity contribution in [3.05, 3.63) is 24.3 Å². The van der Waals surface area contributed by atoms with E-state index >= 15 is 0 Å². The number of amides is 5. The standard InChI is InChI=1S/C18H22N4O6/c1-4-18(3)16(26)22(17(27)21-18)9-15(25)28-10-14(24)20-13-7-5-6-12(8-13)19-11(2)23/h5-8H,4,9-10H2,1-3H3,(H,19,23)(H,20,24)(H,21,27)/t18-/m1/s1. The number of carbonyl (C=O) groups is 5. The monoisotopic (exact) mass is 390 g/mol. The van der Waals surface area contributed by atoms with Crippen LogP contribution in [0.4, 0.5) is 16.2 Å². The zero-order valence-corrected chi connectivity index (χ0v) is 15.8. The maximum Gasteiger partial charge on any atom is 0.326 e. The lowest BCUT2D eigenvalue weighted by molar-refractivity contribution is -0.150. The zero-order valence-electron chi connectivity index (χ0n) is 15.8. The summed E-state index contributed by atoms with van der Waals surface area (Å²) in [5, 5.41) is 7.62. The van der Waals surface area contributed by atoms with Gasteiger partial charge in [0.05, 0.1) is 0 Å². The quantitative estimate of drug-likeness (QED) is 0.467. The molecule has 1 aliphatic heterocycles. The molecule has 0 aromatic heterocycles. The van der Waals surface area contributed by atoms with E-state index in [1.54, 1.807) is 38.1 Å². The molecular formula is C18H22N4O6. The topological polar surface area (TPSA) is 134 Å². The molecule has 0 aliphatic carbocycles. The van der Waals surface area contributed by atoms with Crippen molar-refractivity contribution in [2.24, 2.45) is 0 Å². The number of ether oxygens (including phenoxy) is 1. The molecule has 28 heavy (non-hydrogen) atoms. The molecule has 1 aromatic rings. The van der Waals surface area contributed by atoms with Crippen LogP contribution in [0, 0.1) is 0 Å². The first-order chi connectivity index (χ1) is 13.1. The number of imide groups is 1. The molecule has 1 heterocycles. The van der Waals surface area contributed by atoms with Crippen molar-refractivity contribution in [1.82, 2.24) is 10.2 Å². The van der Waals surface area contributed by atoms with Crippen LogP contribution in [0.3, 0.4) is 0 Å². The van der Waals surface area contributed by atoms with Crippen LogP contribution in [0.1, 0.15) is 27.2 Å². The first-order valence-corrected chi connectivity index (χ1v) is 8.62. The Morgan fingerprint density at radius 2 is 1.82 bits per heavy atom. The van der Waals surface area contributed by atoms with Gasteiger partial charge in [0.15, 0.2) is 6.61 Å². The van der Waals surface area contributed by atoms with E-state index in [1.165, 1.54) is 6.92 Å². The van der Waals surface area contributed by atoms with Crippen molar-refractivity contribution in [2.45, 2.75) is 32.7 Å². The molecule has 0 spiro atoms. The number of rotatable bonds is 7. The van der Waals surface area contributed by atoms with Crippen LogP contribution in [0.2, 0.25) is 0 Å². The molecule has 0 unspecified atom stereocenters. The van der Waals surface area contributed by atoms with E-state index in [1.807, 2.05) is 0 Å². The van der Waals surface area contributed by atoms with E-state index in [0.29, 0.717) is 17.8 Å². The SMILES string of the molecule is CC[C@@]1(C)NC(=O)N(CC(=O)OCC(=O)Nc2cccc(NC(C)=O)c2)C1=O. The van der Waals surface area contributed by atoms with E-state index in [9.17, 15) is 24.0 Å². The predicted octanol–water partition coefficient (Wildman–Crippen LogP) is 0.847. The van der Waals surface area contributed by atoms with Crippen LogP contribution in [0.15, 0.2) is 24.3 Å². The second-order valence-electron chi connectivity index (χ2n) is 6.48. The maximum atomic E-state index is 12.2. The van der Waals surface area contributed by atoms with Crippen molar-refractivity contribution in [1.29, 1.82) is 0 Å². The van der Waals surface area contributed by atoms with E-state index in [0.717, 1.165) is 4.90 Å². The smallest absolute Gasteiger partial charge is 0.326 e. The molecule has 1 atom stereocenters. The largest absolute Gasteiger partial charge is 0.454 e. The minimum atomic E-state index is -1.05. The number of anilines is 2. The minimum Gasteiger partial charge on any atom is -0.454 e. The van der Waals surface area contributed by atoms with Crippen molar-refractivity contribution >= 4 is 41.1 Å². The highest BCUT2D eigenvalue weighted by Crippen LogP contribution is 2.20. The van der Waals surface area contributed by atoms with Gasteiger partial charge in [0.25, 0.3) is 11.8 Å². The lowest BCUT2D eigenvalue weighted by Gasteiger charge is -2.18. The maximum absolute atomic E-state index is 12.2. The Hall–Kier alpha value is -3.43. The van der Waals surface area contributed by atoms with E-state index in [2.05, 4.69) is 16.0 Å². The molecule has 10 nitrogen and oxygen atoms in total. The molecule has 3 N–H and O–H groups in total. The van der Waals surface area contributed by atoms with Gasteiger partial charge >= 0.3 is 12.0 Å². The van der Waals surface area contributed by atoms with E-state index < -0.39 is 42.5 Å². The van der Waals surface area contributed by atoms with Gasteiger partial charge < -0.3 is 20.7 Å². The summed E-state index contributed by atoms with van der Waals surface area (Å²) in [6.07, 6.45) is 0.378. The highest BCUT2D eigenvalue weighted by atomic mass is 16.5. The van der Waals surface area contributed by atoms with Gasteiger partial charge in [0.2, 0.25) is 5.91 Å². The Balaban J connectivity index is 1.84. The molecule has 1 fully saturated rings. The van der Waals surface area contributed by atoms with Crippen LogP contribution in [0.25, 0.3) is 0 Å².